The summed E-state index contributed by atoms with van der Waals surface area (Å²) < 4.78 is 22.1. The number of H-pyrrole nitrogens is 1. The summed E-state index contributed by atoms with van der Waals surface area (Å²) in [5, 5.41) is 0. The average Bonchev–Trinajstić information content (AvgIpc) is 3.90. The molecule has 10 nitrogen and oxygen atoms in total. The SMILES string of the molecule is COc1cc(CN2CCC(CCN3CCC(N(Cc4ccoc4)c4nc5ccccc5[nH]4)CC3)(c3ccccc3)C2=O)cc(OC)c1OC. The molecular formula is C39H45N5O5. The van der Waals surface area contributed by atoms with E-state index in [1.54, 1.807) is 27.6 Å². The largest absolute Gasteiger partial charge is 0.493 e. The number of imidazole rings is 1. The summed E-state index contributed by atoms with van der Waals surface area (Å²) >= 11 is 0. The second-order valence-electron chi connectivity index (χ2n) is 13.1. The number of hydrogen-bond donors (Lipinski definition) is 1. The molecule has 2 saturated heterocycles. The fourth-order valence-corrected chi connectivity index (χ4v) is 7.67. The zero-order chi connectivity index (χ0) is 33.8. The highest BCUT2D eigenvalue weighted by atomic mass is 16.5. The van der Waals surface area contributed by atoms with Crippen molar-refractivity contribution in [3.63, 3.8) is 0 Å². The number of hydrogen-bond acceptors (Lipinski definition) is 8. The Morgan fingerprint density at radius 2 is 1.65 bits per heavy atom. The lowest BCUT2D eigenvalue weighted by Crippen LogP contribution is -2.47. The molecule has 2 aliphatic heterocycles. The maximum absolute atomic E-state index is 14.5. The lowest BCUT2D eigenvalue weighted by atomic mass is 9.76. The molecule has 2 fully saturated rings. The number of aromatic amines is 1. The molecule has 1 N–H and O–H groups in total. The van der Waals surface area contributed by atoms with Gasteiger partial charge in [-0.25, -0.2) is 4.98 Å². The summed E-state index contributed by atoms with van der Waals surface area (Å²) in [6, 6.07) is 24.8. The molecule has 7 rings (SSSR count). The number of furan rings is 1. The minimum absolute atomic E-state index is 0.179. The van der Waals surface area contributed by atoms with Gasteiger partial charge in [0, 0.05) is 44.3 Å². The molecule has 0 saturated carbocycles. The Morgan fingerprint density at radius 3 is 2.33 bits per heavy atom. The number of carbonyl (C=O) groups excluding carboxylic acids is 1. The maximum Gasteiger partial charge on any atom is 0.233 e. The zero-order valence-electron chi connectivity index (χ0n) is 28.6. The summed E-state index contributed by atoms with van der Waals surface area (Å²) in [4.78, 5) is 29.9. The molecule has 5 aromatic rings. The summed E-state index contributed by atoms with van der Waals surface area (Å²) in [6.45, 7) is 4.67. The highest BCUT2D eigenvalue weighted by Gasteiger charge is 2.47. The number of amides is 1. The molecule has 10 heteroatoms. The first-order valence-electron chi connectivity index (χ1n) is 17.1. The van der Waals surface area contributed by atoms with E-state index in [4.69, 9.17) is 23.6 Å². The van der Waals surface area contributed by atoms with Crippen LogP contribution in [0.1, 0.15) is 42.4 Å². The first-order valence-corrected chi connectivity index (χ1v) is 17.1. The fraction of sp³-hybridized carbons (Fsp3) is 0.385. The van der Waals surface area contributed by atoms with Gasteiger partial charge in [0.1, 0.15) is 0 Å². The van der Waals surface area contributed by atoms with Crippen LogP contribution in [0.5, 0.6) is 17.2 Å². The summed E-state index contributed by atoms with van der Waals surface area (Å²) in [7, 11) is 4.82. The van der Waals surface area contributed by atoms with Crippen LogP contribution >= 0.6 is 0 Å². The number of carbonyl (C=O) groups is 1. The fourth-order valence-electron chi connectivity index (χ4n) is 7.67. The molecule has 0 bridgehead atoms. The van der Waals surface area contributed by atoms with E-state index in [0.29, 0.717) is 36.4 Å². The van der Waals surface area contributed by atoms with Gasteiger partial charge in [0.15, 0.2) is 11.5 Å². The Kier molecular flexibility index (Phi) is 9.48. The smallest absolute Gasteiger partial charge is 0.233 e. The number of benzene rings is 3. The van der Waals surface area contributed by atoms with Gasteiger partial charge in [0.2, 0.25) is 17.6 Å². The highest BCUT2D eigenvalue weighted by molar-refractivity contribution is 5.90. The predicted molar refractivity (Wildman–Crippen MR) is 189 cm³/mol. The van der Waals surface area contributed by atoms with Gasteiger partial charge >= 0.3 is 0 Å². The molecule has 2 aliphatic rings. The third-order valence-corrected chi connectivity index (χ3v) is 10.4. The summed E-state index contributed by atoms with van der Waals surface area (Å²) in [5.74, 6) is 2.80. The second-order valence-corrected chi connectivity index (χ2v) is 13.1. The van der Waals surface area contributed by atoms with E-state index >= 15 is 0 Å². The Balaban J connectivity index is 1.05. The first kappa shape index (κ1) is 32.6. The van der Waals surface area contributed by atoms with Crippen molar-refractivity contribution in [2.45, 2.75) is 50.2 Å². The molecule has 0 spiro atoms. The monoisotopic (exact) mass is 663 g/mol. The van der Waals surface area contributed by atoms with Crippen molar-refractivity contribution in [3.05, 3.63) is 102 Å². The minimum Gasteiger partial charge on any atom is -0.493 e. The first-order chi connectivity index (χ1) is 24.0. The molecular weight excluding hydrogens is 618 g/mol. The van der Waals surface area contributed by atoms with Gasteiger partial charge in [0.05, 0.1) is 50.3 Å². The normalized spacial score (nSPS) is 18.7. The summed E-state index contributed by atoms with van der Waals surface area (Å²) in [6.07, 6.45) is 7.11. The van der Waals surface area contributed by atoms with E-state index < -0.39 is 5.41 Å². The number of anilines is 1. The van der Waals surface area contributed by atoms with Crippen LogP contribution < -0.4 is 19.1 Å². The van der Waals surface area contributed by atoms with Gasteiger partial charge in [-0.1, -0.05) is 42.5 Å². The number of nitrogens with one attached hydrogen (secondary N) is 1. The van der Waals surface area contributed by atoms with Crippen LogP contribution in [0.2, 0.25) is 0 Å². The third kappa shape index (κ3) is 6.57. The second kappa shape index (κ2) is 14.3. The molecule has 4 heterocycles. The molecule has 2 aromatic heterocycles. The molecule has 0 aliphatic carbocycles. The average molecular weight is 664 g/mol. The number of ether oxygens (including phenoxy) is 3. The number of aromatic nitrogens is 2. The standard InChI is InChI=1S/C39H45N5O5/c1-46-34-23-29(24-35(47-2)36(34)48-3)25-43-21-17-39(37(43)45,30-9-5-4-6-10-30)16-20-42-18-13-31(14-19-42)44(26-28-15-22-49-27-28)38-40-32-11-7-8-12-33(32)41-38/h4-12,15,22-24,27,31H,13-14,16-21,25-26H2,1-3H3,(H,40,41). The molecule has 1 amide bonds. The predicted octanol–water partition coefficient (Wildman–Crippen LogP) is 6.41. The minimum atomic E-state index is -0.569. The van der Waals surface area contributed by atoms with Crippen LogP contribution in [0.25, 0.3) is 11.0 Å². The van der Waals surface area contributed by atoms with Gasteiger partial charge in [-0.15, -0.1) is 0 Å². The van der Waals surface area contributed by atoms with Crippen LogP contribution in [0.3, 0.4) is 0 Å². The van der Waals surface area contributed by atoms with Crippen LogP contribution in [0.4, 0.5) is 5.95 Å². The van der Waals surface area contributed by atoms with Crippen molar-refractivity contribution in [2.75, 3.05) is 52.4 Å². The Labute approximate surface area is 287 Å². The van der Waals surface area contributed by atoms with Crippen molar-refractivity contribution < 1.29 is 23.4 Å². The van der Waals surface area contributed by atoms with E-state index in [9.17, 15) is 4.79 Å². The number of para-hydroxylation sites is 2. The zero-order valence-corrected chi connectivity index (χ0v) is 28.6. The number of nitrogens with zero attached hydrogens (tertiary/aromatic N) is 4. The van der Waals surface area contributed by atoms with Crippen LogP contribution in [0.15, 0.2) is 89.7 Å². The Hall–Kier alpha value is -4.96. The van der Waals surface area contributed by atoms with E-state index in [1.807, 2.05) is 65.8 Å². The highest BCUT2D eigenvalue weighted by Crippen LogP contribution is 2.42. The molecule has 1 unspecified atom stereocenters. The summed E-state index contributed by atoms with van der Waals surface area (Å²) in [5.41, 5.74) is 4.61. The van der Waals surface area contributed by atoms with Crippen LogP contribution in [-0.4, -0.2) is 79.2 Å². The number of rotatable bonds is 13. The van der Waals surface area contributed by atoms with Gasteiger partial charge in [-0.2, -0.15) is 0 Å². The van der Waals surface area contributed by atoms with E-state index in [2.05, 4.69) is 33.0 Å². The van der Waals surface area contributed by atoms with Crippen molar-refractivity contribution in [1.82, 2.24) is 19.8 Å². The van der Waals surface area contributed by atoms with Gasteiger partial charge in [-0.3, -0.25) is 4.79 Å². The lowest BCUT2D eigenvalue weighted by molar-refractivity contribution is -0.133. The van der Waals surface area contributed by atoms with Gasteiger partial charge < -0.3 is 38.3 Å². The maximum atomic E-state index is 14.5. The molecule has 1 atom stereocenters. The number of likely N-dealkylation sites (tertiary alicyclic amines) is 2. The van der Waals surface area contributed by atoms with Crippen LogP contribution in [-0.2, 0) is 23.3 Å². The van der Waals surface area contributed by atoms with Crippen molar-refractivity contribution in [1.29, 1.82) is 0 Å². The van der Waals surface area contributed by atoms with Crippen molar-refractivity contribution >= 4 is 22.9 Å². The molecule has 3 aromatic carbocycles. The van der Waals surface area contributed by atoms with E-state index in [-0.39, 0.29) is 5.91 Å². The Bertz CT molecular complexity index is 1790. The van der Waals surface area contributed by atoms with Gasteiger partial charge in [0.25, 0.3) is 0 Å². The van der Waals surface area contributed by atoms with Crippen molar-refractivity contribution in [2.24, 2.45) is 0 Å². The quantitative estimate of drug-likeness (QED) is 0.154. The van der Waals surface area contributed by atoms with Crippen LogP contribution in [0, 0.1) is 0 Å². The van der Waals surface area contributed by atoms with E-state index in [0.717, 1.165) is 85.5 Å². The van der Waals surface area contributed by atoms with E-state index in [1.165, 1.54) is 0 Å². The number of piperidine rings is 1. The topological polar surface area (TPSA) is 96.3 Å². The Morgan fingerprint density at radius 1 is 0.918 bits per heavy atom. The molecule has 256 valence electrons. The van der Waals surface area contributed by atoms with Crippen molar-refractivity contribution in [3.8, 4) is 17.2 Å². The number of fused-ring (bicyclic) bond motifs is 1. The molecule has 49 heavy (non-hydrogen) atoms. The third-order valence-electron chi connectivity index (χ3n) is 10.4. The molecule has 0 radical (unpaired) electrons. The number of methoxy groups -OCH3 is 3. The lowest BCUT2D eigenvalue weighted by Gasteiger charge is -2.39. The van der Waals surface area contributed by atoms with Gasteiger partial charge in [-0.05, 0) is 73.7 Å².